The SMILES string of the molecule is NC(=O)C(c1ccccc1)C1CCN(CCc2ccc3c(c2)CCO3)C1. The largest absolute Gasteiger partial charge is 0.493 e. The first kappa shape index (κ1) is 17.1. The molecule has 2 aliphatic rings. The number of primary amides is 1. The lowest BCUT2D eigenvalue weighted by Crippen LogP contribution is -2.31. The van der Waals surface area contributed by atoms with Crippen LogP contribution in [-0.2, 0) is 17.6 Å². The van der Waals surface area contributed by atoms with Crippen molar-refractivity contribution in [1.82, 2.24) is 4.90 Å². The molecule has 0 aliphatic carbocycles. The third-order valence-electron chi connectivity index (χ3n) is 5.72. The Morgan fingerprint density at radius 3 is 2.88 bits per heavy atom. The van der Waals surface area contributed by atoms with Gasteiger partial charge >= 0.3 is 0 Å². The number of hydrogen-bond acceptors (Lipinski definition) is 3. The average Bonchev–Trinajstić information content (AvgIpc) is 3.29. The van der Waals surface area contributed by atoms with Crippen molar-refractivity contribution >= 4 is 5.91 Å². The van der Waals surface area contributed by atoms with Gasteiger partial charge in [0.25, 0.3) is 0 Å². The molecule has 4 nitrogen and oxygen atoms in total. The van der Waals surface area contributed by atoms with Gasteiger partial charge in [-0.2, -0.15) is 0 Å². The molecular formula is C22H26N2O2. The van der Waals surface area contributed by atoms with Crippen LogP contribution in [0.4, 0.5) is 0 Å². The summed E-state index contributed by atoms with van der Waals surface area (Å²) in [4.78, 5) is 14.5. The maximum Gasteiger partial charge on any atom is 0.225 e. The number of nitrogens with zero attached hydrogens (tertiary/aromatic N) is 1. The van der Waals surface area contributed by atoms with E-state index < -0.39 is 0 Å². The first-order valence-corrected chi connectivity index (χ1v) is 9.52. The number of carbonyl (C=O) groups excluding carboxylic acids is 1. The molecule has 2 aliphatic heterocycles. The fourth-order valence-electron chi connectivity index (χ4n) is 4.35. The molecule has 136 valence electrons. The molecular weight excluding hydrogens is 324 g/mol. The minimum Gasteiger partial charge on any atom is -0.493 e. The summed E-state index contributed by atoms with van der Waals surface area (Å²) in [6.45, 7) is 3.81. The zero-order valence-corrected chi connectivity index (χ0v) is 15.1. The van der Waals surface area contributed by atoms with Gasteiger partial charge in [0.1, 0.15) is 5.75 Å². The van der Waals surface area contributed by atoms with Gasteiger partial charge in [0.05, 0.1) is 12.5 Å². The third kappa shape index (κ3) is 3.61. The number of benzene rings is 2. The molecule has 0 spiro atoms. The number of likely N-dealkylation sites (tertiary alicyclic amines) is 1. The molecule has 2 aromatic rings. The molecule has 0 aromatic heterocycles. The number of rotatable bonds is 6. The minimum absolute atomic E-state index is 0.182. The van der Waals surface area contributed by atoms with E-state index in [1.807, 2.05) is 30.3 Å². The van der Waals surface area contributed by atoms with Crippen LogP contribution in [0.3, 0.4) is 0 Å². The van der Waals surface area contributed by atoms with Crippen LogP contribution in [0.1, 0.15) is 29.0 Å². The van der Waals surface area contributed by atoms with Crippen molar-refractivity contribution in [2.75, 3.05) is 26.2 Å². The summed E-state index contributed by atoms with van der Waals surface area (Å²) in [6, 6.07) is 16.5. The minimum atomic E-state index is -0.207. The normalized spacial score (nSPS) is 20.5. The molecule has 1 saturated heterocycles. The Morgan fingerprint density at radius 1 is 1.23 bits per heavy atom. The van der Waals surface area contributed by atoms with E-state index in [-0.39, 0.29) is 11.8 Å². The Balaban J connectivity index is 1.36. The summed E-state index contributed by atoms with van der Waals surface area (Å²) in [7, 11) is 0. The first-order chi connectivity index (χ1) is 12.7. The van der Waals surface area contributed by atoms with Gasteiger partial charge in [-0.1, -0.05) is 42.5 Å². The highest BCUT2D eigenvalue weighted by Crippen LogP contribution is 2.32. The quantitative estimate of drug-likeness (QED) is 0.872. The molecule has 26 heavy (non-hydrogen) atoms. The Bertz CT molecular complexity index is 775. The van der Waals surface area contributed by atoms with E-state index in [4.69, 9.17) is 10.5 Å². The fraction of sp³-hybridized carbons (Fsp3) is 0.409. The van der Waals surface area contributed by atoms with Crippen molar-refractivity contribution in [1.29, 1.82) is 0 Å². The first-order valence-electron chi connectivity index (χ1n) is 9.52. The molecule has 2 aromatic carbocycles. The number of carbonyl (C=O) groups is 1. The predicted molar refractivity (Wildman–Crippen MR) is 102 cm³/mol. The summed E-state index contributed by atoms with van der Waals surface area (Å²) in [6.07, 6.45) is 3.08. The highest BCUT2D eigenvalue weighted by atomic mass is 16.5. The monoisotopic (exact) mass is 350 g/mol. The molecule has 0 radical (unpaired) electrons. The summed E-state index contributed by atoms with van der Waals surface area (Å²) < 4.78 is 5.58. The van der Waals surface area contributed by atoms with Crippen molar-refractivity contribution < 1.29 is 9.53 Å². The molecule has 0 bridgehead atoms. The van der Waals surface area contributed by atoms with Gasteiger partial charge < -0.3 is 15.4 Å². The Morgan fingerprint density at radius 2 is 2.08 bits per heavy atom. The van der Waals surface area contributed by atoms with Gasteiger partial charge in [0.15, 0.2) is 0 Å². The molecule has 4 rings (SSSR count). The highest BCUT2D eigenvalue weighted by Gasteiger charge is 2.33. The number of amides is 1. The molecule has 2 heterocycles. The van der Waals surface area contributed by atoms with Gasteiger partial charge in [0.2, 0.25) is 5.91 Å². The van der Waals surface area contributed by atoms with Crippen LogP contribution in [0, 0.1) is 5.92 Å². The van der Waals surface area contributed by atoms with Gasteiger partial charge in [-0.25, -0.2) is 0 Å². The predicted octanol–water partition coefficient (Wildman–Crippen LogP) is 2.76. The summed E-state index contributed by atoms with van der Waals surface area (Å²) in [5, 5.41) is 0. The van der Waals surface area contributed by atoms with Crippen LogP contribution in [0.15, 0.2) is 48.5 Å². The highest BCUT2D eigenvalue weighted by molar-refractivity contribution is 5.82. The number of nitrogens with two attached hydrogens (primary N) is 1. The van der Waals surface area contributed by atoms with Crippen LogP contribution >= 0.6 is 0 Å². The maximum absolute atomic E-state index is 12.1. The van der Waals surface area contributed by atoms with Crippen molar-refractivity contribution in [3.8, 4) is 5.75 Å². The maximum atomic E-state index is 12.1. The summed E-state index contributed by atoms with van der Waals surface area (Å²) >= 11 is 0. The number of hydrogen-bond donors (Lipinski definition) is 1. The lowest BCUT2D eigenvalue weighted by molar-refractivity contribution is -0.120. The average molecular weight is 350 g/mol. The van der Waals surface area contributed by atoms with E-state index in [2.05, 4.69) is 23.1 Å². The smallest absolute Gasteiger partial charge is 0.225 e. The second-order valence-corrected chi connectivity index (χ2v) is 7.43. The molecule has 0 saturated carbocycles. The second-order valence-electron chi connectivity index (χ2n) is 7.43. The van der Waals surface area contributed by atoms with E-state index in [0.717, 1.165) is 56.8 Å². The van der Waals surface area contributed by atoms with E-state index in [1.165, 1.54) is 11.1 Å². The number of fused-ring (bicyclic) bond motifs is 1. The van der Waals surface area contributed by atoms with Crippen molar-refractivity contribution in [2.24, 2.45) is 11.7 Å². The lowest BCUT2D eigenvalue weighted by atomic mass is 9.85. The van der Waals surface area contributed by atoms with Gasteiger partial charge in [-0.3, -0.25) is 4.79 Å². The Labute approximate surface area is 155 Å². The standard InChI is InChI=1S/C22H26N2O2/c23-22(25)21(17-4-2-1-3-5-17)19-9-12-24(15-19)11-8-16-6-7-20-18(14-16)10-13-26-20/h1-7,14,19,21H,8-13,15H2,(H2,23,25). The van der Waals surface area contributed by atoms with Gasteiger partial charge in [-0.05, 0) is 48.1 Å². The van der Waals surface area contributed by atoms with Gasteiger partial charge in [0, 0.05) is 19.5 Å². The molecule has 1 amide bonds. The third-order valence-corrected chi connectivity index (χ3v) is 5.72. The molecule has 4 heteroatoms. The van der Waals surface area contributed by atoms with Crippen LogP contribution < -0.4 is 10.5 Å². The number of ether oxygens (including phenoxy) is 1. The molecule has 2 N–H and O–H groups in total. The zero-order valence-electron chi connectivity index (χ0n) is 15.1. The van der Waals surface area contributed by atoms with Crippen LogP contribution in [0.5, 0.6) is 5.75 Å². The van der Waals surface area contributed by atoms with E-state index in [1.54, 1.807) is 0 Å². The molecule has 2 atom stereocenters. The van der Waals surface area contributed by atoms with E-state index in [9.17, 15) is 4.79 Å². The zero-order chi connectivity index (χ0) is 17.9. The Hall–Kier alpha value is -2.33. The summed E-state index contributed by atoms with van der Waals surface area (Å²) in [5.41, 5.74) is 9.49. The molecule has 2 unspecified atom stereocenters. The topological polar surface area (TPSA) is 55.6 Å². The second kappa shape index (κ2) is 7.50. The van der Waals surface area contributed by atoms with Crippen molar-refractivity contribution in [3.05, 3.63) is 65.2 Å². The van der Waals surface area contributed by atoms with Crippen molar-refractivity contribution in [2.45, 2.75) is 25.2 Å². The fourth-order valence-corrected chi connectivity index (χ4v) is 4.35. The van der Waals surface area contributed by atoms with E-state index >= 15 is 0 Å². The van der Waals surface area contributed by atoms with Gasteiger partial charge in [-0.15, -0.1) is 0 Å². The molecule has 1 fully saturated rings. The Kier molecular flexibility index (Phi) is 4.93. The van der Waals surface area contributed by atoms with Crippen molar-refractivity contribution in [3.63, 3.8) is 0 Å². The lowest BCUT2D eigenvalue weighted by Gasteiger charge is -2.22. The summed E-state index contributed by atoms with van der Waals surface area (Å²) in [5.74, 6) is 0.963. The van der Waals surface area contributed by atoms with Crippen LogP contribution in [-0.4, -0.2) is 37.0 Å². The van der Waals surface area contributed by atoms with Crippen LogP contribution in [0.25, 0.3) is 0 Å². The van der Waals surface area contributed by atoms with Crippen LogP contribution in [0.2, 0.25) is 0 Å². The van der Waals surface area contributed by atoms with E-state index in [0.29, 0.717) is 5.92 Å².